The van der Waals surface area contributed by atoms with Gasteiger partial charge in [0.1, 0.15) is 5.82 Å². The van der Waals surface area contributed by atoms with E-state index in [0.29, 0.717) is 5.69 Å². The molecule has 5 nitrogen and oxygen atoms in total. The van der Waals surface area contributed by atoms with E-state index in [1.165, 1.54) is 0 Å². The molecule has 0 amide bonds. The van der Waals surface area contributed by atoms with Crippen LogP contribution in [0, 0.1) is 0 Å². The molecule has 0 unspecified atom stereocenters. The molecule has 1 saturated heterocycles. The molecule has 2 aromatic rings. The lowest BCUT2D eigenvalue weighted by molar-refractivity contribution is 0.122. The van der Waals surface area contributed by atoms with Gasteiger partial charge in [0, 0.05) is 36.6 Å². The van der Waals surface area contributed by atoms with Crippen LogP contribution in [0.1, 0.15) is 0 Å². The first-order valence-electron chi connectivity index (χ1n) is 6.33. The smallest absolute Gasteiger partial charge is 0.136 e. The summed E-state index contributed by atoms with van der Waals surface area (Å²) in [4.78, 5) is 10.9. The van der Waals surface area contributed by atoms with E-state index in [-0.39, 0.29) is 0 Å². The highest BCUT2D eigenvalue weighted by Gasteiger charge is 2.17. The van der Waals surface area contributed by atoms with Crippen LogP contribution in [0.15, 0.2) is 36.8 Å². The van der Waals surface area contributed by atoms with Gasteiger partial charge in [-0.3, -0.25) is 4.98 Å². The zero-order chi connectivity index (χ0) is 13.1. The maximum Gasteiger partial charge on any atom is 0.136 e. The summed E-state index contributed by atoms with van der Waals surface area (Å²) in [5.41, 5.74) is 8.59. The third-order valence-electron chi connectivity index (χ3n) is 3.17. The first kappa shape index (κ1) is 11.9. The predicted molar refractivity (Wildman–Crippen MR) is 74.9 cm³/mol. The lowest BCUT2D eigenvalue weighted by atomic mass is 10.1. The maximum atomic E-state index is 5.87. The summed E-state index contributed by atoms with van der Waals surface area (Å²) in [6.45, 7) is 3.17. The van der Waals surface area contributed by atoms with Crippen molar-refractivity contribution >= 4 is 11.5 Å². The topological polar surface area (TPSA) is 64.3 Å². The molecule has 0 radical (unpaired) electrons. The minimum Gasteiger partial charge on any atom is -0.397 e. The van der Waals surface area contributed by atoms with Gasteiger partial charge in [-0.05, 0) is 12.1 Å². The van der Waals surface area contributed by atoms with Crippen LogP contribution in [0.4, 0.5) is 11.5 Å². The van der Waals surface area contributed by atoms with Gasteiger partial charge in [-0.1, -0.05) is 6.07 Å². The van der Waals surface area contributed by atoms with Crippen molar-refractivity contribution in [2.24, 2.45) is 0 Å². The molecule has 0 aliphatic carbocycles. The first-order chi connectivity index (χ1) is 9.34. The van der Waals surface area contributed by atoms with E-state index in [4.69, 9.17) is 10.5 Å². The van der Waals surface area contributed by atoms with Crippen molar-refractivity contribution in [1.29, 1.82) is 0 Å². The van der Waals surface area contributed by atoms with Crippen molar-refractivity contribution in [3.63, 3.8) is 0 Å². The number of pyridine rings is 2. The number of hydrogen-bond donors (Lipinski definition) is 1. The molecule has 1 aliphatic rings. The molecule has 3 rings (SSSR count). The van der Waals surface area contributed by atoms with Crippen LogP contribution in [0.5, 0.6) is 0 Å². The average molecular weight is 256 g/mol. The number of rotatable bonds is 2. The third-order valence-corrected chi connectivity index (χ3v) is 3.17. The van der Waals surface area contributed by atoms with E-state index in [0.717, 1.165) is 43.2 Å². The van der Waals surface area contributed by atoms with Crippen LogP contribution in [0.3, 0.4) is 0 Å². The highest BCUT2D eigenvalue weighted by Crippen LogP contribution is 2.30. The number of ether oxygens (including phenoxy) is 1. The van der Waals surface area contributed by atoms with Gasteiger partial charge in [0.05, 0.1) is 25.1 Å². The van der Waals surface area contributed by atoms with Crippen molar-refractivity contribution in [2.75, 3.05) is 36.9 Å². The molecule has 1 aliphatic heterocycles. The maximum absolute atomic E-state index is 5.87. The van der Waals surface area contributed by atoms with Crippen LogP contribution in [-0.4, -0.2) is 36.3 Å². The molecule has 0 aromatic carbocycles. The van der Waals surface area contributed by atoms with E-state index in [2.05, 4.69) is 14.9 Å². The van der Waals surface area contributed by atoms with Crippen LogP contribution in [0.25, 0.3) is 11.1 Å². The van der Waals surface area contributed by atoms with Crippen LogP contribution in [-0.2, 0) is 4.74 Å². The number of nitrogens with two attached hydrogens (primary N) is 1. The van der Waals surface area contributed by atoms with Gasteiger partial charge in [0.2, 0.25) is 0 Å². The number of aromatic nitrogens is 2. The molecule has 19 heavy (non-hydrogen) atoms. The molecule has 2 N–H and O–H groups in total. The van der Waals surface area contributed by atoms with Crippen molar-refractivity contribution in [3.8, 4) is 11.1 Å². The summed E-state index contributed by atoms with van der Waals surface area (Å²) < 4.78 is 5.38. The SMILES string of the molecule is Nc1cnc(N2CCOCC2)c(-c2cccnc2)c1. The number of hydrogen-bond acceptors (Lipinski definition) is 5. The Kier molecular flexibility index (Phi) is 3.29. The fourth-order valence-electron chi connectivity index (χ4n) is 2.24. The zero-order valence-electron chi connectivity index (χ0n) is 10.6. The lowest BCUT2D eigenvalue weighted by Gasteiger charge is -2.29. The molecular formula is C14H16N4O. The molecule has 0 spiro atoms. The first-order valence-corrected chi connectivity index (χ1v) is 6.33. The van der Waals surface area contributed by atoms with Gasteiger partial charge in [0.25, 0.3) is 0 Å². The molecule has 98 valence electrons. The standard InChI is InChI=1S/C14H16N4O/c15-12-8-13(11-2-1-3-16-9-11)14(17-10-12)18-4-6-19-7-5-18/h1-3,8-10H,4-7,15H2. The van der Waals surface area contributed by atoms with Crippen molar-refractivity contribution in [1.82, 2.24) is 9.97 Å². The third kappa shape index (κ3) is 2.51. The summed E-state index contributed by atoms with van der Waals surface area (Å²) in [5, 5.41) is 0. The average Bonchev–Trinajstić information content (AvgIpc) is 2.49. The Morgan fingerprint density at radius 1 is 1.21 bits per heavy atom. The molecule has 0 atom stereocenters. The van der Waals surface area contributed by atoms with Crippen LogP contribution < -0.4 is 10.6 Å². The Labute approximate surface area is 112 Å². The number of nitrogen functional groups attached to an aromatic ring is 1. The second kappa shape index (κ2) is 5.24. The van der Waals surface area contributed by atoms with E-state index >= 15 is 0 Å². The lowest BCUT2D eigenvalue weighted by Crippen LogP contribution is -2.37. The molecular weight excluding hydrogens is 240 g/mol. The normalized spacial score (nSPS) is 15.5. The minimum absolute atomic E-state index is 0.663. The van der Waals surface area contributed by atoms with E-state index < -0.39 is 0 Å². The largest absolute Gasteiger partial charge is 0.397 e. The molecule has 0 bridgehead atoms. The van der Waals surface area contributed by atoms with Gasteiger partial charge in [-0.2, -0.15) is 0 Å². The number of nitrogens with zero attached hydrogens (tertiary/aromatic N) is 3. The Bertz CT molecular complexity index is 553. The molecule has 5 heteroatoms. The van der Waals surface area contributed by atoms with Crippen molar-refractivity contribution in [2.45, 2.75) is 0 Å². The minimum atomic E-state index is 0.663. The van der Waals surface area contributed by atoms with Crippen molar-refractivity contribution < 1.29 is 4.74 Å². The van der Waals surface area contributed by atoms with E-state index in [1.807, 2.05) is 24.4 Å². The summed E-state index contributed by atoms with van der Waals surface area (Å²) in [6, 6.07) is 5.89. The zero-order valence-corrected chi connectivity index (χ0v) is 10.6. The quantitative estimate of drug-likeness (QED) is 0.883. The summed E-state index contributed by atoms with van der Waals surface area (Å²) in [5.74, 6) is 0.950. The Hall–Kier alpha value is -2.14. The van der Waals surface area contributed by atoms with E-state index in [1.54, 1.807) is 12.4 Å². The van der Waals surface area contributed by atoms with Gasteiger partial charge >= 0.3 is 0 Å². The number of anilines is 2. The predicted octanol–water partition coefficient (Wildman–Crippen LogP) is 1.56. The molecule has 2 aromatic heterocycles. The number of morpholine rings is 1. The Morgan fingerprint density at radius 2 is 2.05 bits per heavy atom. The van der Waals surface area contributed by atoms with Gasteiger partial charge in [-0.15, -0.1) is 0 Å². The van der Waals surface area contributed by atoms with Gasteiger partial charge in [0.15, 0.2) is 0 Å². The summed E-state index contributed by atoms with van der Waals surface area (Å²) in [7, 11) is 0. The van der Waals surface area contributed by atoms with Crippen molar-refractivity contribution in [3.05, 3.63) is 36.8 Å². The fraction of sp³-hybridized carbons (Fsp3) is 0.286. The van der Waals surface area contributed by atoms with Crippen LogP contribution >= 0.6 is 0 Å². The highest BCUT2D eigenvalue weighted by atomic mass is 16.5. The fourth-order valence-corrected chi connectivity index (χ4v) is 2.24. The van der Waals surface area contributed by atoms with Gasteiger partial charge in [-0.25, -0.2) is 4.98 Å². The Balaban J connectivity index is 2.04. The monoisotopic (exact) mass is 256 g/mol. The van der Waals surface area contributed by atoms with Gasteiger partial charge < -0.3 is 15.4 Å². The highest BCUT2D eigenvalue weighted by molar-refractivity contribution is 5.77. The second-order valence-electron chi connectivity index (χ2n) is 4.48. The molecule has 0 saturated carbocycles. The van der Waals surface area contributed by atoms with Crippen LogP contribution in [0.2, 0.25) is 0 Å². The summed E-state index contributed by atoms with van der Waals surface area (Å²) >= 11 is 0. The summed E-state index contributed by atoms with van der Waals surface area (Å²) in [6.07, 6.45) is 5.29. The molecule has 3 heterocycles. The Morgan fingerprint density at radius 3 is 2.79 bits per heavy atom. The second-order valence-corrected chi connectivity index (χ2v) is 4.48. The van der Waals surface area contributed by atoms with E-state index in [9.17, 15) is 0 Å². The molecule has 1 fully saturated rings.